The quantitative estimate of drug-likeness (QED) is 0.166. The molecule has 0 bridgehead atoms. The van der Waals surface area contributed by atoms with Gasteiger partial charge in [0, 0.05) is 47.5 Å². The molecule has 1 saturated heterocycles. The first-order valence-electron chi connectivity index (χ1n) is 12.9. The molecular formula is C25H32F5NO14. The Bertz CT molecular complexity index is 1150. The van der Waals surface area contributed by atoms with E-state index in [0.29, 0.717) is 0 Å². The number of halogens is 5. The fourth-order valence-electron chi connectivity index (χ4n) is 4.17. The van der Waals surface area contributed by atoms with E-state index < -0.39 is 116 Å². The molecule has 45 heavy (non-hydrogen) atoms. The SMILES string of the molecule is COC(=O)[C@]1(OC(C)=O)C[C@H](OC(C)=O)[C@@H](NC(=O)CCC(F)(F)C(F)(F)F)C([C@@H](OC(C)=O)[C@@H](COC(C)=O)OC(C)=O)O1. The van der Waals surface area contributed by atoms with E-state index in [1.807, 2.05) is 5.32 Å². The maximum absolute atomic E-state index is 13.5. The number of alkyl halides is 5. The molecule has 1 aliphatic rings. The molecule has 256 valence electrons. The van der Waals surface area contributed by atoms with E-state index in [1.165, 1.54) is 0 Å². The van der Waals surface area contributed by atoms with E-state index in [2.05, 4.69) is 4.74 Å². The molecule has 0 spiro atoms. The van der Waals surface area contributed by atoms with Crippen LogP contribution in [0.5, 0.6) is 0 Å². The number of methoxy groups -OCH3 is 1. The van der Waals surface area contributed by atoms with Gasteiger partial charge in [0.05, 0.1) is 19.6 Å². The number of hydrogen-bond acceptors (Lipinski definition) is 14. The van der Waals surface area contributed by atoms with Crippen molar-refractivity contribution in [2.24, 2.45) is 0 Å². The second-order valence-electron chi connectivity index (χ2n) is 9.59. The largest absolute Gasteiger partial charge is 0.464 e. The van der Waals surface area contributed by atoms with Crippen LogP contribution in [0.25, 0.3) is 0 Å². The van der Waals surface area contributed by atoms with E-state index in [-0.39, 0.29) is 0 Å². The molecule has 1 unspecified atom stereocenters. The highest BCUT2D eigenvalue weighted by Gasteiger charge is 2.61. The lowest BCUT2D eigenvalue weighted by molar-refractivity contribution is -0.304. The second kappa shape index (κ2) is 15.8. The maximum atomic E-state index is 13.5. The molecule has 1 heterocycles. The summed E-state index contributed by atoms with van der Waals surface area (Å²) in [5.41, 5.74) is 0. The third-order valence-corrected chi connectivity index (χ3v) is 5.84. The molecule has 15 nitrogen and oxygen atoms in total. The first-order valence-corrected chi connectivity index (χ1v) is 12.9. The van der Waals surface area contributed by atoms with Gasteiger partial charge in [0.25, 0.3) is 0 Å². The van der Waals surface area contributed by atoms with Crippen LogP contribution in [0.3, 0.4) is 0 Å². The minimum absolute atomic E-state index is 0.824. The maximum Gasteiger partial charge on any atom is 0.453 e. The Labute approximate surface area is 252 Å². The molecule has 0 saturated carbocycles. The van der Waals surface area contributed by atoms with Crippen LogP contribution in [0, 0.1) is 0 Å². The van der Waals surface area contributed by atoms with Gasteiger partial charge >= 0.3 is 53.7 Å². The standard InChI is InChI=1S/C25H32F5NO14/c1-11(32)40-10-17(42-13(3)34)20(43-14(4)35)21-19(31-18(37)7-8-24(26,27)25(28,29)30)16(41-12(2)33)9-23(45-21,22(38)39-6)44-15(5)36/h16-17,19-21H,7-10H2,1-6H3,(H,31,37)/t16-,17+,19+,20-,21?,23-/m0/s1. The molecule has 0 radical (unpaired) electrons. The molecule has 0 aliphatic carbocycles. The van der Waals surface area contributed by atoms with Crippen LogP contribution in [-0.2, 0) is 66.7 Å². The summed E-state index contributed by atoms with van der Waals surface area (Å²) in [5, 5.41) is 2.05. The smallest absolute Gasteiger partial charge is 0.453 e. The van der Waals surface area contributed by atoms with Crippen LogP contribution in [0.4, 0.5) is 22.0 Å². The third-order valence-electron chi connectivity index (χ3n) is 5.84. The molecular weight excluding hydrogens is 633 g/mol. The van der Waals surface area contributed by atoms with Gasteiger partial charge in [-0.1, -0.05) is 0 Å². The Morgan fingerprint density at radius 1 is 0.867 bits per heavy atom. The van der Waals surface area contributed by atoms with Crippen molar-refractivity contribution in [2.45, 2.75) is 102 Å². The Hall–Kier alpha value is -4.10. The summed E-state index contributed by atoms with van der Waals surface area (Å²) >= 11 is 0. The van der Waals surface area contributed by atoms with E-state index in [9.17, 15) is 55.5 Å². The average Bonchev–Trinajstić information content (AvgIpc) is 2.87. The van der Waals surface area contributed by atoms with Crippen molar-refractivity contribution >= 4 is 41.7 Å². The van der Waals surface area contributed by atoms with Gasteiger partial charge < -0.3 is 38.5 Å². The van der Waals surface area contributed by atoms with Crippen molar-refractivity contribution in [1.82, 2.24) is 5.32 Å². The predicted molar refractivity (Wildman–Crippen MR) is 131 cm³/mol. The number of carbonyl (C=O) groups is 7. The lowest BCUT2D eigenvalue weighted by Gasteiger charge is -2.48. The Morgan fingerprint density at radius 2 is 1.44 bits per heavy atom. The van der Waals surface area contributed by atoms with Gasteiger partial charge in [-0.3, -0.25) is 28.8 Å². The molecule has 1 rings (SSSR count). The van der Waals surface area contributed by atoms with Crippen LogP contribution in [0.1, 0.15) is 53.9 Å². The molecule has 1 N–H and O–H groups in total. The first-order chi connectivity index (χ1) is 20.5. The second-order valence-corrected chi connectivity index (χ2v) is 9.59. The number of esters is 6. The predicted octanol–water partition coefficient (Wildman–Crippen LogP) is 1.03. The lowest BCUT2D eigenvalue weighted by Crippen LogP contribution is -2.69. The Morgan fingerprint density at radius 3 is 1.89 bits per heavy atom. The van der Waals surface area contributed by atoms with Crippen molar-refractivity contribution in [3.8, 4) is 0 Å². The molecule has 20 heteroatoms. The van der Waals surface area contributed by atoms with E-state index in [0.717, 1.165) is 41.7 Å². The summed E-state index contributed by atoms with van der Waals surface area (Å²) in [6, 6.07) is -1.91. The molecule has 0 aromatic heterocycles. The first kappa shape index (κ1) is 38.9. The highest BCUT2D eigenvalue weighted by molar-refractivity contribution is 5.82. The van der Waals surface area contributed by atoms with Crippen LogP contribution in [0.15, 0.2) is 0 Å². The van der Waals surface area contributed by atoms with Gasteiger partial charge in [0.2, 0.25) is 5.91 Å². The zero-order valence-electron chi connectivity index (χ0n) is 24.8. The van der Waals surface area contributed by atoms with Crippen molar-refractivity contribution < 1.29 is 88.7 Å². The van der Waals surface area contributed by atoms with Gasteiger partial charge in [0.1, 0.15) is 18.8 Å². The molecule has 1 amide bonds. The fraction of sp³-hybridized carbons (Fsp3) is 0.720. The van der Waals surface area contributed by atoms with Crippen LogP contribution >= 0.6 is 0 Å². The van der Waals surface area contributed by atoms with Crippen LogP contribution < -0.4 is 5.32 Å². The summed E-state index contributed by atoms with van der Waals surface area (Å²) in [4.78, 5) is 85.4. The number of carbonyl (C=O) groups excluding carboxylic acids is 7. The zero-order chi connectivity index (χ0) is 34.9. The number of rotatable bonds is 13. The van der Waals surface area contributed by atoms with Gasteiger partial charge in [-0.05, 0) is 0 Å². The lowest BCUT2D eigenvalue weighted by atomic mass is 9.87. The molecule has 1 aliphatic heterocycles. The third kappa shape index (κ3) is 11.4. The topological polar surface area (TPSA) is 196 Å². The number of hydrogen-bond donors (Lipinski definition) is 1. The van der Waals surface area contributed by atoms with Crippen molar-refractivity contribution in [2.75, 3.05) is 13.7 Å². The van der Waals surface area contributed by atoms with Crippen molar-refractivity contribution in [1.29, 1.82) is 0 Å². The number of ether oxygens (including phenoxy) is 7. The van der Waals surface area contributed by atoms with Crippen LogP contribution in [0.2, 0.25) is 0 Å². The number of nitrogens with one attached hydrogen (secondary N) is 1. The summed E-state index contributed by atoms with van der Waals surface area (Å²) in [6.07, 6.45) is -18.3. The summed E-state index contributed by atoms with van der Waals surface area (Å²) in [5.74, 6) is -16.5. The highest BCUT2D eigenvalue weighted by Crippen LogP contribution is 2.40. The summed E-state index contributed by atoms with van der Waals surface area (Å²) in [7, 11) is 0.827. The minimum Gasteiger partial charge on any atom is -0.464 e. The zero-order valence-corrected chi connectivity index (χ0v) is 24.8. The molecule has 0 aromatic rings. The Kier molecular flexibility index (Phi) is 13.6. The van der Waals surface area contributed by atoms with E-state index in [1.54, 1.807) is 0 Å². The van der Waals surface area contributed by atoms with E-state index >= 15 is 0 Å². The van der Waals surface area contributed by atoms with E-state index in [4.69, 9.17) is 28.4 Å². The summed E-state index contributed by atoms with van der Waals surface area (Å²) in [6.45, 7) is 3.47. The number of amides is 1. The summed E-state index contributed by atoms with van der Waals surface area (Å²) < 4.78 is 101. The Balaban J connectivity index is 3.87. The normalized spacial score (nSPS) is 23.0. The van der Waals surface area contributed by atoms with Gasteiger partial charge in [-0.15, -0.1) is 0 Å². The van der Waals surface area contributed by atoms with Crippen molar-refractivity contribution in [3.05, 3.63) is 0 Å². The fourth-order valence-corrected chi connectivity index (χ4v) is 4.17. The van der Waals surface area contributed by atoms with Gasteiger partial charge in [0.15, 0.2) is 12.2 Å². The van der Waals surface area contributed by atoms with Gasteiger partial charge in [-0.25, -0.2) is 4.79 Å². The highest BCUT2D eigenvalue weighted by atomic mass is 19.4. The molecule has 1 fully saturated rings. The van der Waals surface area contributed by atoms with Crippen molar-refractivity contribution in [3.63, 3.8) is 0 Å². The minimum atomic E-state index is -6.00. The monoisotopic (exact) mass is 665 g/mol. The molecule has 6 atom stereocenters. The van der Waals surface area contributed by atoms with Gasteiger partial charge in [-0.2, -0.15) is 22.0 Å². The van der Waals surface area contributed by atoms with Crippen LogP contribution in [-0.4, -0.2) is 104 Å². The average molecular weight is 666 g/mol. The molecule has 0 aromatic carbocycles.